The molecule has 4 rings (SSSR count). The molecule has 2 aromatic carbocycles. The second-order valence-electron chi connectivity index (χ2n) is 7.21. The van der Waals surface area contributed by atoms with Gasteiger partial charge in [-0.05, 0) is 49.2 Å². The van der Waals surface area contributed by atoms with Crippen LogP contribution in [0.2, 0.25) is 0 Å². The van der Waals surface area contributed by atoms with Gasteiger partial charge < -0.3 is 10.2 Å². The maximum Gasteiger partial charge on any atom is 0.274 e. The Balaban J connectivity index is 1.64. The highest BCUT2D eigenvalue weighted by atomic mass is 16.2. The van der Waals surface area contributed by atoms with E-state index in [0.717, 1.165) is 24.2 Å². The van der Waals surface area contributed by atoms with Gasteiger partial charge >= 0.3 is 0 Å². The highest BCUT2D eigenvalue weighted by Crippen LogP contribution is 2.39. The summed E-state index contributed by atoms with van der Waals surface area (Å²) < 4.78 is 1.69. The second kappa shape index (κ2) is 7.31. The smallest absolute Gasteiger partial charge is 0.274 e. The lowest BCUT2D eigenvalue weighted by molar-refractivity contribution is 0.0827. The quantitative estimate of drug-likeness (QED) is 0.740. The largest absolute Gasteiger partial charge is 0.345 e. The van der Waals surface area contributed by atoms with Gasteiger partial charge in [0.2, 0.25) is 0 Å². The molecule has 0 spiro atoms. The summed E-state index contributed by atoms with van der Waals surface area (Å²) in [6.45, 7) is 0. The monoisotopic (exact) mass is 374 g/mol. The first-order valence-electron chi connectivity index (χ1n) is 9.31. The summed E-state index contributed by atoms with van der Waals surface area (Å²) in [7, 11) is 3.40. The van der Waals surface area contributed by atoms with E-state index in [-0.39, 0.29) is 11.8 Å². The van der Waals surface area contributed by atoms with Gasteiger partial charge in [-0.15, -0.1) is 0 Å². The topological polar surface area (TPSA) is 67.2 Å². The Morgan fingerprint density at radius 1 is 1.04 bits per heavy atom. The van der Waals surface area contributed by atoms with Crippen LogP contribution in [0.5, 0.6) is 0 Å². The number of carbonyl (C=O) groups excluding carboxylic acids is 2. The molecule has 1 N–H and O–H groups in total. The van der Waals surface area contributed by atoms with E-state index in [1.807, 2.05) is 36.4 Å². The first-order valence-corrected chi connectivity index (χ1v) is 9.31. The van der Waals surface area contributed by atoms with Crippen LogP contribution in [-0.2, 0) is 0 Å². The number of benzene rings is 2. The molecule has 6 heteroatoms. The van der Waals surface area contributed by atoms with Crippen LogP contribution in [0.1, 0.15) is 45.3 Å². The molecule has 1 aliphatic carbocycles. The normalized spacial score (nSPS) is 13.2. The van der Waals surface area contributed by atoms with Crippen molar-refractivity contribution in [2.24, 2.45) is 0 Å². The minimum atomic E-state index is -0.252. The van der Waals surface area contributed by atoms with Crippen LogP contribution in [0.4, 0.5) is 5.69 Å². The number of amides is 2. The molecule has 0 saturated heterocycles. The van der Waals surface area contributed by atoms with Gasteiger partial charge in [-0.1, -0.05) is 24.3 Å². The van der Waals surface area contributed by atoms with Gasteiger partial charge in [0.25, 0.3) is 11.8 Å². The first kappa shape index (κ1) is 18.0. The number of nitrogens with one attached hydrogen (secondary N) is 1. The number of hydrogen-bond donors (Lipinski definition) is 1. The van der Waals surface area contributed by atoms with Crippen molar-refractivity contribution in [3.05, 3.63) is 77.6 Å². The Morgan fingerprint density at radius 3 is 2.46 bits per heavy atom. The van der Waals surface area contributed by atoms with Crippen molar-refractivity contribution in [2.45, 2.75) is 18.8 Å². The van der Waals surface area contributed by atoms with Gasteiger partial charge in [-0.2, -0.15) is 5.10 Å². The van der Waals surface area contributed by atoms with Gasteiger partial charge in [0.05, 0.1) is 11.4 Å². The maximum atomic E-state index is 13.0. The van der Waals surface area contributed by atoms with Crippen molar-refractivity contribution in [3.8, 4) is 5.69 Å². The molecule has 1 aliphatic rings. The SMILES string of the molecule is CN(C)C(=O)c1cccc(NC(=O)c2cc(C3CC3)nn2-c2ccccc2)c1. The summed E-state index contributed by atoms with van der Waals surface area (Å²) >= 11 is 0. The Bertz CT molecular complexity index is 1020. The van der Waals surface area contributed by atoms with Gasteiger partial charge in [0.1, 0.15) is 5.69 Å². The van der Waals surface area contributed by atoms with E-state index in [1.165, 1.54) is 4.90 Å². The second-order valence-corrected chi connectivity index (χ2v) is 7.21. The lowest BCUT2D eigenvalue weighted by Gasteiger charge is -2.12. The molecule has 2 amide bonds. The molecular weight excluding hydrogens is 352 g/mol. The molecule has 3 aromatic rings. The summed E-state index contributed by atoms with van der Waals surface area (Å²) in [5.41, 5.74) is 3.38. The highest BCUT2D eigenvalue weighted by Gasteiger charge is 2.29. The number of aromatic nitrogens is 2. The van der Waals surface area contributed by atoms with Crippen molar-refractivity contribution >= 4 is 17.5 Å². The number of rotatable bonds is 5. The molecule has 1 saturated carbocycles. The van der Waals surface area contributed by atoms with Crippen LogP contribution < -0.4 is 5.32 Å². The number of para-hydroxylation sites is 1. The van der Waals surface area contributed by atoms with Crippen molar-refractivity contribution in [2.75, 3.05) is 19.4 Å². The Hall–Kier alpha value is -3.41. The highest BCUT2D eigenvalue weighted by molar-refractivity contribution is 6.04. The van der Waals surface area contributed by atoms with Gasteiger partial charge in [0, 0.05) is 31.3 Å². The molecule has 1 fully saturated rings. The lowest BCUT2D eigenvalue weighted by atomic mass is 10.1. The van der Waals surface area contributed by atoms with Crippen LogP contribution >= 0.6 is 0 Å². The number of nitrogens with zero attached hydrogens (tertiary/aromatic N) is 3. The molecular formula is C22H22N4O2. The van der Waals surface area contributed by atoms with Crippen molar-refractivity contribution in [1.82, 2.24) is 14.7 Å². The van der Waals surface area contributed by atoms with E-state index in [1.54, 1.807) is 43.0 Å². The predicted molar refractivity (Wildman–Crippen MR) is 108 cm³/mol. The molecule has 28 heavy (non-hydrogen) atoms. The molecule has 0 aliphatic heterocycles. The minimum Gasteiger partial charge on any atom is -0.345 e. The van der Waals surface area contributed by atoms with Crippen LogP contribution in [0, 0.1) is 0 Å². The zero-order valence-electron chi connectivity index (χ0n) is 15.9. The molecule has 1 heterocycles. The van der Waals surface area contributed by atoms with Crippen molar-refractivity contribution in [1.29, 1.82) is 0 Å². The molecule has 0 atom stereocenters. The molecule has 142 valence electrons. The summed E-state index contributed by atoms with van der Waals surface area (Å²) in [6, 6.07) is 18.5. The fourth-order valence-electron chi connectivity index (χ4n) is 3.09. The average molecular weight is 374 g/mol. The predicted octanol–water partition coefficient (Wildman–Crippen LogP) is 3.70. The Kier molecular flexibility index (Phi) is 4.69. The molecule has 0 radical (unpaired) electrons. The number of hydrogen-bond acceptors (Lipinski definition) is 3. The zero-order valence-corrected chi connectivity index (χ0v) is 15.9. The fraction of sp³-hybridized carbons (Fsp3) is 0.227. The van der Waals surface area contributed by atoms with Gasteiger partial charge in [-0.3, -0.25) is 9.59 Å². The van der Waals surface area contributed by atoms with E-state index in [2.05, 4.69) is 10.4 Å². The minimum absolute atomic E-state index is 0.110. The summed E-state index contributed by atoms with van der Waals surface area (Å²) in [5.74, 6) is 0.0803. The molecule has 1 aromatic heterocycles. The van der Waals surface area contributed by atoms with Crippen LogP contribution in [-0.4, -0.2) is 40.6 Å². The van der Waals surface area contributed by atoms with E-state index in [4.69, 9.17) is 0 Å². The summed E-state index contributed by atoms with van der Waals surface area (Å²) in [6.07, 6.45) is 2.23. The van der Waals surface area contributed by atoms with Crippen LogP contribution in [0.25, 0.3) is 5.69 Å². The third-order valence-electron chi connectivity index (χ3n) is 4.73. The molecule has 6 nitrogen and oxygen atoms in total. The van der Waals surface area contributed by atoms with Crippen molar-refractivity contribution in [3.63, 3.8) is 0 Å². The average Bonchev–Trinajstić information content (AvgIpc) is 3.46. The standard InChI is InChI=1S/C22H22N4O2/c1-25(2)22(28)16-7-6-8-17(13-16)23-21(27)20-14-19(15-11-12-15)24-26(20)18-9-4-3-5-10-18/h3-10,13-15H,11-12H2,1-2H3,(H,23,27). The Morgan fingerprint density at radius 2 is 1.79 bits per heavy atom. The number of anilines is 1. The van der Waals surface area contributed by atoms with Crippen molar-refractivity contribution < 1.29 is 9.59 Å². The van der Waals surface area contributed by atoms with Gasteiger partial charge in [-0.25, -0.2) is 4.68 Å². The van der Waals surface area contributed by atoms with E-state index in [0.29, 0.717) is 22.9 Å². The fourth-order valence-corrected chi connectivity index (χ4v) is 3.09. The van der Waals surface area contributed by atoms with Crippen LogP contribution in [0.15, 0.2) is 60.7 Å². The lowest BCUT2D eigenvalue weighted by Crippen LogP contribution is -2.22. The zero-order chi connectivity index (χ0) is 19.7. The number of carbonyl (C=O) groups is 2. The summed E-state index contributed by atoms with van der Waals surface area (Å²) in [4.78, 5) is 26.7. The summed E-state index contributed by atoms with van der Waals surface area (Å²) in [5, 5.41) is 7.57. The van der Waals surface area contributed by atoms with E-state index in [9.17, 15) is 9.59 Å². The molecule has 0 unspecified atom stereocenters. The maximum absolute atomic E-state index is 13.0. The van der Waals surface area contributed by atoms with Crippen LogP contribution in [0.3, 0.4) is 0 Å². The third kappa shape index (κ3) is 3.67. The Labute approximate surface area is 163 Å². The van der Waals surface area contributed by atoms with Gasteiger partial charge in [0.15, 0.2) is 0 Å². The molecule has 0 bridgehead atoms. The third-order valence-corrected chi connectivity index (χ3v) is 4.73. The first-order chi connectivity index (χ1) is 13.5. The van der Waals surface area contributed by atoms with E-state index < -0.39 is 0 Å². The van der Waals surface area contributed by atoms with E-state index >= 15 is 0 Å².